The first-order valence-electron chi connectivity index (χ1n) is 6.46. The number of aromatic nitrogens is 1. The Morgan fingerprint density at radius 1 is 1.14 bits per heavy atom. The maximum absolute atomic E-state index is 12.4. The summed E-state index contributed by atoms with van der Waals surface area (Å²) in [6.07, 6.45) is -2.07. The molecule has 1 N–H and O–H groups in total. The van der Waals surface area contributed by atoms with Crippen LogP contribution in [-0.2, 0) is 17.3 Å². The summed E-state index contributed by atoms with van der Waals surface area (Å²) in [7, 11) is 0. The van der Waals surface area contributed by atoms with E-state index in [4.69, 9.17) is 17.0 Å². The average Bonchev–Trinajstić information content (AvgIpc) is 2.48. The lowest BCUT2D eigenvalue weighted by Gasteiger charge is -2.11. The van der Waals surface area contributed by atoms with Crippen molar-refractivity contribution in [1.82, 2.24) is 4.98 Å². The lowest BCUT2D eigenvalue weighted by molar-refractivity contribution is -0.137. The summed E-state index contributed by atoms with van der Waals surface area (Å²) in [6.45, 7) is 0.337. The number of nitrogens with zero attached hydrogens (tertiary/aromatic N) is 1. The molecule has 0 amide bonds. The van der Waals surface area contributed by atoms with Gasteiger partial charge < -0.3 is 10.1 Å². The van der Waals surface area contributed by atoms with Crippen molar-refractivity contribution < 1.29 is 17.9 Å². The van der Waals surface area contributed by atoms with Crippen molar-refractivity contribution in [3.8, 4) is 0 Å². The number of thiocarbonyl (C=S) groups is 1. The summed E-state index contributed by atoms with van der Waals surface area (Å²) in [5, 5.41) is 2.84. The minimum atomic E-state index is -4.35. The fraction of sp³-hybridized carbons (Fsp3) is 0.200. The predicted octanol–water partition coefficient (Wildman–Crippen LogP) is 4.06. The lowest BCUT2D eigenvalue weighted by Crippen LogP contribution is -2.15. The van der Waals surface area contributed by atoms with Crippen molar-refractivity contribution >= 4 is 23.1 Å². The topological polar surface area (TPSA) is 34.1 Å². The highest BCUT2D eigenvalue weighted by atomic mass is 32.1. The van der Waals surface area contributed by atoms with Gasteiger partial charge >= 0.3 is 6.18 Å². The van der Waals surface area contributed by atoms with E-state index in [1.807, 2.05) is 18.2 Å². The van der Waals surface area contributed by atoms with E-state index in [0.29, 0.717) is 18.7 Å². The van der Waals surface area contributed by atoms with Gasteiger partial charge in [0.25, 0.3) is 5.17 Å². The van der Waals surface area contributed by atoms with E-state index in [9.17, 15) is 13.2 Å². The summed E-state index contributed by atoms with van der Waals surface area (Å²) < 4.78 is 42.6. The molecule has 0 atom stereocenters. The molecule has 2 rings (SSSR count). The first-order chi connectivity index (χ1) is 10.4. The number of nitrogens with one attached hydrogen (secondary N) is 1. The van der Waals surface area contributed by atoms with Crippen LogP contribution < -0.4 is 5.32 Å². The molecule has 0 fully saturated rings. The van der Waals surface area contributed by atoms with Crippen LogP contribution in [0.15, 0.2) is 48.7 Å². The molecule has 0 saturated carbocycles. The van der Waals surface area contributed by atoms with E-state index >= 15 is 0 Å². The van der Waals surface area contributed by atoms with Crippen molar-refractivity contribution in [2.45, 2.75) is 12.6 Å². The maximum atomic E-state index is 12.4. The second-order valence-corrected chi connectivity index (χ2v) is 4.78. The van der Waals surface area contributed by atoms with Gasteiger partial charge in [0.15, 0.2) is 0 Å². The quantitative estimate of drug-likeness (QED) is 0.859. The van der Waals surface area contributed by atoms with E-state index in [-0.39, 0.29) is 5.17 Å². The van der Waals surface area contributed by atoms with Crippen molar-refractivity contribution in [2.75, 3.05) is 11.9 Å². The van der Waals surface area contributed by atoms with Crippen LogP contribution >= 0.6 is 12.2 Å². The molecule has 0 unspecified atom stereocenters. The number of ether oxygens (including phenoxy) is 1. The third kappa shape index (κ3) is 5.00. The van der Waals surface area contributed by atoms with Gasteiger partial charge in [0, 0.05) is 24.0 Å². The highest BCUT2D eigenvalue weighted by molar-refractivity contribution is 7.80. The molecule has 22 heavy (non-hydrogen) atoms. The number of pyridine rings is 1. The van der Waals surface area contributed by atoms with Gasteiger partial charge in [-0.15, -0.1) is 0 Å². The number of rotatable bonds is 4. The van der Waals surface area contributed by atoms with Gasteiger partial charge in [0.05, 0.1) is 12.2 Å². The molecular formula is C15H13F3N2OS. The van der Waals surface area contributed by atoms with Crippen LogP contribution in [0.3, 0.4) is 0 Å². The smallest absolute Gasteiger partial charge is 0.416 e. The Balaban J connectivity index is 1.79. The number of hydrogen-bond acceptors (Lipinski definition) is 3. The van der Waals surface area contributed by atoms with Gasteiger partial charge in [-0.05, 0) is 48.6 Å². The Labute approximate surface area is 131 Å². The van der Waals surface area contributed by atoms with Crippen LogP contribution in [-0.4, -0.2) is 16.8 Å². The minimum Gasteiger partial charge on any atom is -0.470 e. The largest absolute Gasteiger partial charge is 0.470 e. The highest BCUT2D eigenvalue weighted by Gasteiger charge is 2.29. The van der Waals surface area contributed by atoms with Crippen LogP contribution in [0.5, 0.6) is 0 Å². The maximum Gasteiger partial charge on any atom is 0.416 e. The summed E-state index contributed by atoms with van der Waals surface area (Å²) >= 11 is 4.98. The van der Waals surface area contributed by atoms with Gasteiger partial charge in [-0.3, -0.25) is 4.98 Å². The molecule has 0 aliphatic heterocycles. The molecule has 116 valence electrons. The molecule has 2 aromatic rings. The van der Waals surface area contributed by atoms with E-state index in [1.54, 1.807) is 6.20 Å². The first-order valence-corrected chi connectivity index (χ1v) is 6.87. The summed E-state index contributed by atoms with van der Waals surface area (Å²) in [6, 6.07) is 10.1. The van der Waals surface area contributed by atoms with Gasteiger partial charge in [0.2, 0.25) is 0 Å². The number of anilines is 1. The fourth-order valence-electron chi connectivity index (χ4n) is 1.69. The molecule has 0 saturated heterocycles. The molecule has 0 spiro atoms. The van der Waals surface area contributed by atoms with E-state index in [0.717, 1.165) is 17.8 Å². The second-order valence-electron chi connectivity index (χ2n) is 4.41. The molecule has 1 aromatic carbocycles. The standard InChI is InChI=1S/C15H13F3N2OS/c16-15(17,18)11-4-6-13(7-5-11)20-14(22)21-10-8-12-3-1-2-9-19-12/h1-7,9H,8,10H2,(H,20,22). The fourth-order valence-corrected chi connectivity index (χ4v) is 1.89. The number of alkyl halides is 3. The Kier molecular flexibility index (Phi) is 5.32. The van der Waals surface area contributed by atoms with Gasteiger partial charge in [0.1, 0.15) is 0 Å². The third-order valence-corrected chi connectivity index (χ3v) is 3.00. The zero-order chi connectivity index (χ0) is 16.0. The number of benzene rings is 1. The van der Waals surface area contributed by atoms with Crippen molar-refractivity contribution in [1.29, 1.82) is 0 Å². The van der Waals surface area contributed by atoms with Crippen molar-refractivity contribution in [3.63, 3.8) is 0 Å². The number of halogens is 3. The molecule has 0 bridgehead atoms. The Morgan fingerprint density at radius 2 is 1.86 bits per heavy atom. The molecule has 1 heterocycles. The van der Waals surface area contributed by atoms with Gasteiger partial charge in [-0.25, -0.2) is 0 Å². The van der Waals surface area contributed by atoms with E-state index in [1.165, 1.54) is 12.1 Å². The van der Waals surface area contributed by atoms with Crippen LogP contribution in [0.4, 0.5) is 18.9 Å². The second kappa shape index (κ2) is 7.22. The highest BCUT2D eigenvalue weighted by Crippen LogP contribution is 2.29. The van der Waals surface area contributed by atoms with Crippen LogP contribution in [0.1, 0.15) is 11.3 Å². The Morgan fingerprint density at radius 3 is 2.45 bits per heavy atom. The zero-order valence-corrected chi connectivity index (χ0v) is 12.2. The zero-order valence-electron chi connectivity index (χ0n) is 11.4. The first kappa shape index (κ1) is 16.2. The van der Waals surface area contributed by atoms with Crippen LogP contribution in [0, 0.1) is 0 Å². The summed E-state index contributed by atoms with van der Waals surface area (Å²) in [5.41, 5.74) is 0.607. The lowest BCUT2D eigenvalue weighted by atomic mass is 10.2. The normalized spacial score (nSPS) is 11.0. The molecule has 1 aromatic heterocycles. The summed E-state index contributed by atoms with van der Waals surface area (Å²) in [5.74, 6) is 0. The summed E-state index contributed by atoms with van der Waals surface area (Å²) in [4.78, 5) is 4.14. The minimum absolute atomic E-state index is 0.107. The van der Waals surface area contributed by atoms with Crippen LogP contribution in [0.2, 0.25) is 0 Å². The van der Waals surface area contributed by atoms with Crippen LogP contribution in [0.25, 0.3) is 0 Å². The molecule has 3 nitrogen and oxygen atoms in total. The van der Waals surface area contributed by atoms with Gasteiger partial charge in [-0.1, -0.05) is 6.07 Å². The third-order valence-electron chi connectivity index (χ3n) is 2.78. The molecular weight excluding hydrogens is 313 g/mol. The average molecular weight is 326 g/mol. The van der Waals surface area contributed by atoms with Crippen molar-refractivity contribution in [3.05, 3.63) is 59.9 Å². The molecule has 7 heteroatoms. The van der Waals surface area contributed by atoms with E-state index < -0.39 is 11.7 Å². The monoisotopic (exact) mass is 326 g/mol. The Bertz CT molecular complexity index is 615. The number of hydrogen-bond donors (Lipinski definition) is 1. The molecule has 0 aliphatic carbocycles. The van der Waals surface area contributed by atoms with Crippen molar-refractivity contribution in [2.24, 2.45) is 0 Å². The molecule has 0 aliphatic rings. The predicted molar refractivity (Wildman–Crippen MR) is 81.6 cm³/mol. The molecule has 0 radical (unpaired) electrons. The Hall–Kier alpha value is -2.15. The SMILES string of the molecule is FC(F)(F)c1ccc(NC(=S)OCCc2ccccn2)cc1. The van der Waals surface area contributed by atoms with Gasteiger partial charge in [-0.2, -0.15) is 13.2 Å². The van der Waals surface area contributed by atoms with E-state index in [2.05, 4.69) is 10.3 Å².